The van der Waals surface area contributed by atoms with Crippen LogP contribution in [-0.4, -0.2) is 46.7 Å². The molecule has 1 amide bonds. The lowest BCUT2D eigenvalue weighted by Gasteiger charge is -2.26. The number of carbonyl (C=O) groups is 2. The Morgan fingerprint density at radius 2 is 1.75 bits per heavy atom. The highest BCUT2D eigenvalue weighted by Gasteiger charge is 2.36. The van der Waals surface area contributed by atoms with Crippen LogP contribution in [0.15, 0.2) is 0 Å². The van der Waals surface area contributed by atoms with Crippen LogP contribution in [0.2, 0.25) is 0 Å². The van der Waals surface area contributed by atoms with Crippen molar-refractivity contribution in [1.29, 1.82) is 0 Å². The van der Waals surface area contributed by atoms with E-state index in [2.05, 4.69) is 0 Å². The summed E-state index contributed by atoms with van der Waals surface area (Å²) < 4.78 is 5.89. The minimum Gasteiger partial charge on any atom is -0.480 e. The van der Waals surface area contributed by atoms with Gasteiger partial charge in [-0.05, 0) is 32.6 Å². The van der Waals surface area contributed by atoms with Gasteiger partial charge in [0.25, 0.3) is 5.91 Å². The topological polar surface area (TPSA) is 66.8 Å². The second-order valence-electron chi connectivity index (χ2n) is 5.98. The Balaban J connectivity index is 1.87. The lowest BCUT2D eigenvalue weighted by Crippen LogP contribution is -2.44. The normalized spacial score (nSPS) is 22.1. The fourth-order valence-electron chi connectivity index (χ4n) is 2.88. The zero-order chi connectivity index (χ0) is 14.5. The van der Waals surface area contributed by atoms with Crippen LogP contribution in [0, 0.1) is 0 Å². The molecule has 20 heavy (non-hydrogen) atoms. The summed E-state index contributed by atoms with van der Waals surface area (Å²) in [5.41, 5.74) is 0. The Labute approximate surface area is 120 Å². The second kappa shape index (κ2) is 7.07. The van der Waals surface area contributed by atoms with Gasteiger partial charge in [0.15, 0.2) is 0 Å². The van der Waals surface area contributed by atoms with Gasteiger partial charge in [0.2, 0.25) is 0 Å². The molecule has 0 saturated heterocycles. The largest absolute Gasteiger partial charge is 0.480 e. The van der Waals surface area contributed by atoms with Crippen LogP contribution in [0.4, 0.5) is 0 Å². The molecular weight excluding hydrogens is 258 g/mol. The van der Waals surface area contributed by atoms with E-state index in [-0.39, 0.29) is 24.6 Å². The highest BCUT2D eigenvalue weighted by atomic mass is 16.5. The molecule has 2 aliphatic rings. The van der Waals surface area contributed by atoms with Gasteiger partial charge in [-0.2, -0.15) is 0 Å². The molecule has 0 aliphatic heterocycles. The van der Waals surface area contributed by atoms with Crippen LogP contribution >= 0.6 is 0 Å². The molecule has 0 bridgehead atoms. The molecule has 2 saturated carbocycles. The third-order valence-electron chi connectivity index (χ3n) is 4.12. The maximum absolute atomic E-state index is 12.4. The summed E-state index contributed by atoms with van der Waals surface area (Å²) in [6.45, 7) is 1.55. The molecule has 0 aromatic rings. The van der Waals surface area contributed by atoms with Crippen LogP contribution in [0.5, 0.6) is 0 Å². The molecule has 114 valence electrons. The van der Waals surface area contributed by atoms with Crippen molar-refractivity contribution in [3.8, 4) is 0 Å². The van der Waals surface area contributed by atoms with E-state index in [1.807, 2.05) is 0 Å². The van der Waals surface area contributed by atoms with Gasteiger partial charge in [-0.3, -0.25) is 9.59 Å². The average molecular weight is 283 g/mol. The van der Waals surface area contributed by atoms with Crippen LogP contribution in [0.1, 0.15) is 58.3 Å². The summed E-state index contributed by atoms with van der Waals surface area (Å²) in [5, 5.41) is 8.92. The first kappa shape index (κ1) is 15.3. The van der Waals surface area contributed by atoms with Crippen LogP contribution in [0.3, 0.4) is 0 Å². The minimum absolute atomic E-state index is 0.110. The number of aliphatic carboxylic acids is 1. The predicted octanol–water partition coefficient (Wildman–Crippen LogP) is 2.19. The van der Waals surface area contributed by atoms with Gasteiger partial charge in [0.1, 0.15) is 12.6 Å². The molecule has 1 unspecified atom stereocenters. The number of ether oxygens (including phenoxy) is 1. The minimum atomic E-state index is -0.952. The average Bonchev–Trinajstić information content (AvgIpc) is 3.22. The lowest BCUT2D eigenvalue weighted by molar-refractivity contribution is -0.153. The first-order valence-corrected chi connectivity index (χ1v) is 7.75. The summed E-state index contributed by atoms with van der Waals surface area (Å²) in [7, 11) is 0. The number of hydrogen-bond acceptors (Lipinski definition) is 3. The van der Waals surface area contributed by atoms with E-state index in [4.69, 9.17) is 9.84 Å². The zero-order valence-corrected chi connectivity index (χ0v) is 12.2. The van der Waals surface area contributed by atoms with Gasteiger partial charge < -0.3 is 14.7 Å². The smallest absolute Gasteiger partial charge is 0.323 e. The molecule has 0 heterocycles. The molecular formula is C15H25NO4. The lowest BCUT2D eigenvalue weighted by atomic mass is 10.1. The first-order chi connectivity index (χ1) is 9.58. The van der Waals surface area contributed by atoms with Crippen molar-refractivity contribution in [3.63, 3.8) is 0 Å². The molecule has 2 aliphatic carbocycles. The van der Waals surface area contributed by atoms with Gasteiger partial charge in [0, 0.05) is 6.04 Å². The summed E-state index contributed by atoms with van der Waals surface area (Å²) in [6, 6.07) is 0.110. The number of rotatable bonds is 6. The van der Waals surface area contributed by atoms with Gasteiger partial charge >= 0.3 is 5.97 Å². The summed E-state index contributed by atoms with van der Waals surface area (Å²) in [5.74, 6) is -1.12. The maximum Gasteiger partial charge on any atom is 0.323 e. The van der Waals surface area contributed by atoms with Gasteiger partial charge in [-0.15, -0.1) is 0 Å². The first-order valence-electron chi connectivity index (χ1n) is 7.75. The molecule has 1 N–H and O–H groups in total. The quantitative estimate of drug-likeness (QED) is 0.759. The van der Waals surface area contributed by atoms with Crippen LogP contribution < -0.4 is 0 Å². The molecule has 0 aromatic heterocycles. The highest BCUT2D eigenvalue weighted by Crippen LogP contribution is 2.28. The molecule has 2 rings (SSSR count). The molecule has 0 spiro atoms. The fourth-order valence-corrected chi connectivity index (χ4v) is 2.88. The summed E-state index contributed by atoms with van der Waals surface area (Å²) >= 11 is 0. The number of amides is 1. The van der Waals surface area contributed by atoms with Crippen LogP contribution in [0.25, 0.3) is 0 Å². The van der Waals surface area contributed by atoms with Crippen molar-refractivity contribution in [2.24, 2.45) is 0 Å². The van der Waals surface area contributed by atoms with Crippen molar-refractivity contribution in [1.82, 2.24) is 4.90 Å². The molecule has 0 aromatic carbocycles. The fraction of sp³-hybridized carbons (Fsp3) is 0.867. The zero-order valence-electron chi connectivity index (χ0n) is 12.2. The van der Waals surface area contributed by atoms with Gasteiger partial charge in [0.05, 0.1) is 6.10 Å². The number of nitrogens with zero attached hydrogens (tertiary/aromatic N) is 1. The van der Waals surface area contributed by atoms with Gasteiger partial charge in [-0.25, -0.2) is 0 Å². The van der Waals surface area contributed by atoms with Crippen molar-refractivity contribution < 1.29 is 19.4 Å². The van der Waals surface area contributed by atoms with E-state index < -0.39 is 12.1 Å². The summed E-state index contributed by atoms with van der Waals surface area (Å²) in [4.78, 5) is 24.7. The van der Waals surface area contributed by atoms with Gasteiger partial charge in [-0.1, -0.05) is 25.7 Å². The molecule has 1 atom stereocenters. The monoisotopic (exact) mass is 283 g/mol. The van der Waals surface area contributed by atoms with Crippen molar-refractivity contribution in [2.75, 3.05) is 6.54 Å². The van der Waals surface area contributed by atoms with E-state index in [1.54, 1.807) is 6.92 Å². The SMILES string of the molecule is CC(OC1CCCCCC1)C(=O)N(CC(=O)O)C1CC1. The molecule has 2 fully saturated rings. The maximum atomic E-state index is 12.4. The highest BCUT2D eigenvalue weighted by molar-refractivity contribution is 5.85. The Morgan fingerprint density at radius 3 is 2.25 bits per heavy atom. The van der Waals surface area contributed by atoms with Crippen molar-refractivity contribution in [3.05, 3.63) is 0 Å². The summed E-state index contributed by atoms with van der Waals surface area (Å²) in [6.07, 6.45) is 8.29. The Morgan fingerprint density at radius 1 is 1.15 bits per heavy atom. The molecule has 0 radical (unpaired) electrons. The Kier molecular flexibility index (Phi) is 5.40. The standard InChI is InChI=1S/C15H25NO4/c1-11(20-13-6-4-2-3-5-7-13)15(19)16(10-14(17)18)12-8-9-12/h11-13H,2-10H2,1H3,(H,17,18). The number of carboxylic acid groups (broad SMARTS) is 1. The second-order valence-corrected chi connectivity index (χ2v) is 5.98. The van der Waals surface area contributed by atoms with E-state index >= 15 is 0 Å². The van der Waals surface area contributed by atoms with E-state index in [0.29, 0.717) is 0 Å². The van der Waals surface area contributed by atoms with E-state index in [9.17, 15) is 9.59 Å². The van der Waals surface area contributed by atoms with E-state index in [1.165, 1.54) is 17.7 Å². The van der Waals surface area contributed by atoms with Crippen molar-refractivity contribution >= 4 is 11.9 Å². The third-order valence-corrected chi connectivity index (χ3v) is 4.12. The Hall–Kier alpha value is -1.10. The Bertz CT molecular complexity index is 346. The van der Waals surface area contributed by atoms with Crippen molar-refractivity contribution in [2.45, 2.75) is 76.5 Å². The van der Waals surface area contributed by atoms with Crippen LogP contribution in [-0.2, 0) is 14.3 Å². The molecule has 5 nitrogen and oxygen atoms in total. The van der Waals surface area contributed by atoms with E-state index in [0.717, 1.165) is 38.5 Å². The predicted molar refractivity (Wildman–Crippen MR) is 74.4 cm³/mol. The number of carbonyl (C=O) groups excluding carboxylic acids is 1. The molecule has 5 heteroatoms. The number of carboxylic acids is 1. The number of hydrogen-bond donors (Lipinski definition) is 1. The third kappa shape index (κ3) is 4.47.